The molecule has 0 saturated carbocycles. The number of carbonyl (C=O) groups excluding carboxylic acids is 3. The van der Waals surface area contributed by atoms with Crippen LogP contribution in [0.2, 0.25) is 0 Å². The number of carboxylic acid groups (broad SMARTS) is 1. The van der Waals surface area contributed by atoms with Crippen LogP contribution in [0.4, 0.5) is 0 Å². The van der Waals surface area contributed by atoms with Gasteiger partial charge in [0.25, 0.3) is 0 Å². The molecule has 0 spiro atoms. The Labute approximate surface area is 186 Å². The van der Waals surface area contributed by atoms with E-state index in [0.717, 1.165) is 10.5 Å². The topological polar surface area (TPSA) is 125 Å². The highest BCUT2D eigenvalue weighted by atomic mass is 32.1. The van der Waals surface area contributed by atoms with Gasteiger partial charge in [0, 0.05) is 30.4 Å². The molecule has 0 radical (unpaired) electrons. The van der Waals surface area contributed by atoms with E-state index in [-0.39, 0.29) is 38.2 Å². The summed E-state index contributed by atoms with van der Waals surface area (Å²) in [6.07, 6.45) is 0.297. The van der Waals surface area contributed by atoms with Crippen LogP contribution in [-0.4, -0.2) is 56.8 Å². The van der Waals surface area contributed by atoms with Crippen molar-refractivity contribution in [1.29, 1.82) is 0 Å². The van der Waals surface area contributed by atoms with Crippen molar-refractivity contribution >= 4 is 42.0 Å². The molecule has 10 heteroatoms. The molecule has 2 N–H and O–H groups in total. The average Bonchev–Trinajstić information content (AvgIpc) is 3.00. The minimum atomic E-state index is -1.24. The van der Waals surface area contributed by atoms with Crippen molar-refractivity contribution in [3.8, 4) is 5.75 Å². The van der Waals surface area contributed by atoms with E-state index in [4.69, 9.17) is 4.74 Å². The molecule has 1 aliphatic heterocycles. The highest BCUT2D eigenvalue weighted by Gasteiger charge is 2.38. The van der Waals surface area contributed by atoms with Gasteiger partial charge in [-0.2, -0.15) is 17.7 Å². The Morgan fingerprint density at radius 3 is 2.32 bits per heavy atom. The minimum Gasteiger partial charge on any atom is -0.494 e. The fraction of sp³-hybridized carbons (Fsp3) is 0.476. The maximum atomic E-state index is 11.8. The number of carboxylic acids is 1. The Morgan fingerprint density at radius 2 is 1.81 bits per heavy atom. The van der Waals surface area contributed by atoms with Gasteiger partial charge in [0.15, 0.2) is 0 Å². The molecule has 1 atom stereocenters. The lowest BCUT2D eigenvalue weighted by atomic mass is 10.1. The van der Waals surface area contributed by atoms with Crippen LogP contribution in [0.1, 0.15) is 52.0 Å². The summed E-state index contributed by atoms with van der Waals surface area (Å²) in [5.74, 6) is -1.91. The highest BCUT2D eigenvalue weighted by molar-refractivity contribution is 7.81. The summed E-state index contributed by atoms with van der Waals surface area (Å²) in [6, 6.07) is 5.65. The summed E-state index contributed by atoms with van der Waals surface area (Å²) in [7, 11) is 0. The molecule has 0 bridgehead atoms. The summed E-state index contributed by atoms with van der Waals surface area (Å²) in [4.78, 5) is 47.7. The molecule has 1 heterocycles. The van der Waals surface area contributed by atoms with Crippen molar-refractivity contribution in [1.82, 2.24) is 10.3 Å². The third-order valence-corrected chi connectivity index (χ3v) is 4.72. The first-order valence-corrected chi connectivity index (χ1v) is 10.3. The number of nitrogens with one attached hydrogen (secondary N) is 1. The van der Waals surface area contributed by atoms with Gasteiger partial charge in [-0.1, -0.05) is 13.8 Å². The quantitative estimate of drug-likeness (QED) is 0.217. The van der Waals surface area contributed by atoms with Gasteiger partial charge in [0.05, 0.1) is 12.3 Å². The van der Waals surface area contributed by atoms with Crippen molar-refractivity contribution in [2.45, 2.75) is 57.2 Å². The summed E-state index contributed by atoms with van der Waals surface area (Å²) in [5, 5.41) is 13.4. The first kappa shape index (κ1) is 24.4. The van der Waals surface area contributed by atoms with Gasteiger partial charge in [0.1, 0.15) is 11.8 Å². The number of hydrazone groups is 1. The van der Waals surface area contributed by atoms with E-state index in [1.54, 1.807) is 31.2 Å². The number of thiol groups is 1. The standard InChI is InChI=1S/C21H27N3O6S/c1-13(22-23-17(25)12-21(2,3)31)14-4-6-15(7-5-14)30-11-10-16(20(28)29)24-18(26)8-9-19(24)27/h4-7,16,31H,8-12H2,1-3H3,(H,23,25)(H,28,29). The summed E-state index contributed by atoms with van der Waals surface area (Å²) < 4.78 is 5.14. The summed E-state index contributed by atoms with van der Waals surface area (Å²) in [6.45, 7) is 5.45. The van der Waals surface area contributed by atoms with Crippen LogP contribution in [0.5, 0.6) is 5.75 Å². The Morgan fingerprint density at radius 1 is 1.23 bits per heavy atom. The molecule has 0 aliphatic carbocycles. The van der Waals surface area contributed by atoms with Crippen LogP contribution in [-0.2, 0) is 19.2 Å². The maximum Gasteiger partial charge on any atom is 0.327 e. The molecule has 1 fully saturated rings. The summed E-state index contributed by atoms with van der Waals surface area (Å²) in [5.41, 5.74) is 3.87. The molecule has 1 aliphatic rings. The first-order chi connectivity index (χ1) is 14.5. The van der Waals surface area contributed by atoms with Crippen LogP contribution in [0.3, 0.4) is 0 Å². The van der Waals surface area contributed by atoms with Gasteiger partial charge in [-0.25, -0.2) is 10.2 Å². The van der Waals surface area contributed by atoms with E-state index >= 15 is 0 Å². The van der Waals surface area contributed by atoms with Crippen LogP contribution in [0.25, 0.3) is 0 Å². The van der Waals surface area contributed by atoms with E-state index in [0.29, 0.717) is 11.5 Å². The zero-order valence-corrected chi connectivity index (χ0v) is 18.6. The molecule has 1 aromatic carbocycles. The van der Waals surface area contributed by atoms with Gasteiger partial charge in [0.2, 0.25) is 17.7 Å². The lowest BCUT2D eigenvalue weighted by molar-refractivity contribution is -0.154. The molecular weight excluding hydrogens is 422 g/mol. The second kappa shape index (κ2) is 10.4. The molecule has 168 valence electrons. The number of aliphatic carboxylic acids is 1. The lowest BCUT2D eigenvalue weighted by Crippen LogP contribution is -2.45. The van der Waals surface area contributed by atoms with Crippen molar-refractivity contribution in [3.05, 3.63) is 29.8 Å². The normalized spacial score (nSPS) is 15.7. The Hall–Kier alpha value is -2.88. The number of ether oxygens (including phenoxy) is 1. The Bertz CT molecular complexity index is 860. The van der Waals surface area contributed by atoms with Gasteiger partial charge >= 0.3 is 5.97 Å². The maximum absolute atomic E-state index is 11.8. The number of likely N-dealkylation sites (tertiary alicyclic amines) is 1. The molecule has 0 aromatic heterocycles. The smallest absolute Gasteiger partial charge is 0.327 e. The molecule has 1 saturated heterocycles. The van der Waals surface area contributed by atoms with Crippen LogP contribution >= 0.6 is 12.6 Å². The Balaban J connectivity index is 1.89. The van der Waals surface area contributed by atoms with E-state index < -0.39 is 28.6 Å². The van der Waals surface area contributed by atoms with Gasteiger partial charge in [-0.15, -0.1) is 0 Å². The number of hydrogen-bond donors (Lipinski definition) is 3. The van der Waals surface area contributed by atoms with Crippen LogP contribution < -0.4 is 10.2 Å². The molecule has 1 unspecified atom stereocenters. The second-order valence-electron chi connectivity index (χ2n) is 7.89. The van der Waals surface area contributed by atoms with Crippen LogP contribution in [0, 0.1) is 0 Å². The summed E-state index contributed by atoms with van der Waals surface area (Å²) >= 11 is 4.31. The van der Waals surface area contributed by atoms with Crippen molar-refractivity contribution in [2.24, 2.45) is 5.10 Å². The number of carbonyl (C=O) groups is 4. The molecule has 31 heavy (non-hydrogen) atoms. The van der Waals surface area contributed by atoms with E-state index in [1.165, 1.54) is 0 Å². The second-order valence-corrected chi connectivity index (χ2v) is 9.11. The average molecular weight is 450 g/mol. The number of nitrogens with zero attached hydrogens (tertiary/aromatic N) is 2. The largest absolute Gasteiger partial charge is 0.494 e. The first-order valence-electron chi connectivity index (χ1n) is 9.84. The predicted molar refractivity (Wildman–Crippen MR) is 117 cm³/mol. The zero-order chi connectivity index (χ0) is 23.2. The molecule has 9 nitrogen and oxygen atoms in total. The SMILES string of the molecule is CC(=NNC(=O)CC(C)(C)S)c1ccc(OCCC(C(=O)O)N2C(=O)CCC2=O)cc1. The molecule has 3 amide bonds. The fourth-order valence-corrected chi connectivity index (χ4v) is 3.17. The van der Waals surface area contributed by atoms with E-state index in [9.17, 15) is 24.3 Å². The minimum absolute atomic E-state index is 0.0113. The van der Waals surface area contributed by atoms with Crippen molar-refractivity contribution in [3.63, 3.8) is 0 Å². The van der Waals surface area contributed by atoms with Crippen molar-refractivity contribution in [2.75, 3.05) is 6.61 Å². The third kappa shape index (κ3) is 7.39. The van der Waals surface area contributed by atoms with Gasteiger partial charge in [-0.05, 0) is 36.8 Å². The molecule has 1 aromatic rings. The number of imide groups is 1. The third-order valence-electron chi connectivity index (χ3n) is 4.56. The Kier molecular flexibility index (Phi) is 8.21. The fourth-order valence-electron chi connectivity index (χ4n) is 3.03. The number of amides is 3. The highest BCUT2D eigenvalue weighted by Crippen LogP contribution is 2.19. The predicted octanol–water partition coefficient (Wildman–Crippen LogP) is 2.00. The van der Waals surface area contributed by atoms with Crippen molar-refractivity contribution < 1.29 is 29.0 Å². The lowest BCUT2D eigenvalue weighted by Gasteiger charge is -2.22. The number of benzene rings is 1. The van der Waals surface area contributed by atoms with Gasteiger partial charge in [-0.3, -0.25) is 19.3 Å². The monoisotopic (exact) mass is 449 g/mol. The van der Waals surface area contributed by atoms with Gasteiger partial charge < -0.3 is 9.84 Å². The zero-order valence-electron chi connectivity index (χ0n) is 17.8. The van der Waals surface area contributed by atoms with E-state index in [1.807, 2.05) is 13.8 Å². The number of hydrogen-bond acceptors (Lipinski definition) is 7. The number of rotatable bonds is 10. The molecular formula is C21H27N3O6S. The van der Waals surface area contributed by atoms with E-state index in [2.05, 4.69) is 23.2 Å². The molecule has 2 rings (SSSR count). The van der Waals surface area contributed by atoms with Crippen LogP contribution in [0.15, 0.2) is 29.4 Å².